The molecule has 0 aliphatic carbocycles. The van der Waals surface area contributed by atoms with Crippen molar-refractivity contribution in [3.63, 3.8) is 0 Å². The molecule has 0 bridgehead atoms. The molecule has 0 aliphatic heterocycles. The van der Waals surface area contributed by atoms with Gasteiger partial charge >= 0.3 is 0 Å². The van der Waals surface area contributed by atoms with Crippen LogP contribution in [0.4, 0.5) is 5.69 Å². The zero-order valence-electron chi connectivity index (χ0n) is 14.4. The van der Waals surface area contributed by atoms with E-state index in [0.717, 1.165) is 16.1 Å². The molecule has 0 heterocycles. The zero-order valence-corrected chi connectivity index (χ0v) is 16.8. The van der Waals surface area contributed by atoms with E-state index >= 15 is 0 Å². The summed E-state index contributed by atoms with van der Waals surface area (Å²) in [6.45, 7) is 1.93. The predicted molar refractivity (Wildman–Crippen MR) is 106 cm³/mol. The van der Waals surface area contributed by atoms with Crippen LogP contribution >= 0.6 is 23.2 Å². The van der Waals surface area contributed by atoms with Gasteiger partial charge in [-0.3, -0.25) is 9.10 Å². The number of carbonyl (C=O) groups excluding carboxylic acids is 1. The van der Waals surface area contributed by atoms with Crippen molar-refractivity contribution in [2.75, 3.05) is 17.1 Å². The Hall–Kier alpha value is -1.76. The van der Waals surface area contributed by atoms with Crippen molar-refractivity contribution in [2.24, 2.45) is 0 Å². The van der Waals surface area contributed by atoms with Crippen LogP contribution in [0.2, 0.25) is 10.0 Å². The number of sulfonamides is 1. The zero-order chi connectivity index (χ0) is 19.3. The Labute approximate surface area is 164 Å². The number of nitrogens with one attached hydrogen (secondary N) is 1. The number of hydrogen-bond acceptors (Lipinski definition) is 3. The third-order valence-corrected chi connectivity index (χ3v) is 5.42. The Balaban J connectivity index is 2.13. The molecule has 140 valence electrons. The van der Waals surface area contributed by atoms with Crippen LogP contribution in [-0.2, 0) is 21.2 Å². The van der Waals surface area contributed by atoms with Gasteiger partial charge in [-0.15, -0.1) is 0 Å². The quantitative estimate of drug-likeness (QED) is 0.753. The molecular weight excluding hydrogens is 395 g/mol. The first-order valence-electron chi connectivity index (χ1n) is 7.95. The van der Waals surface area contributed by atoms with Gasteiger partial charge in [-0.25, -0.2) is 8.42 Å². The van der Waals surface area contributed by atoms with Crippen molar-refractivity contribution in [3.05, 3.63) is 64.1 Å². The molecule has 0 saturated heterocycles. The molecule has 26 heavy (non-hydrogen) atoms. The summed E-state index contributed by atoms with van der Waals surface area (Å²) in [5.74, 6) is -0.401. The van der Waals surface area contributed by atoms with Crippen LogP contribution in [0, 0.1) is 0 Å². The van der Waals surface area contributed by atoms with Crippen LogP contribution in [-0.4, -0.2) is 33.2 Å². The summed E-state index contributed by atoms with van der Waals surface area (Å²) in [6.07, 6.45) is 1.69. The summed E-state index contributed by atoms with van der Waals surface area (Å²) in [7, 11) is -3.72. The maximum Gasteiger partial charge on any atom is 0.243 e. The summed E-state index contributed by atoms with van der Waals surface area (Å²) >= 11 is 11.9. The van der Waals surface area contributed by atoms with Crippen LogP contribution in [0.5, 0.6) is 0 Å². The van der Waals surface area contributed by atoms with Crippen LogP contribution in [0.15, 0.2) is 48.5 Å². The highest BCUT2D eigenvalue weighted by atomic mass is 35.5. The van der Waals surface area contributed by atoms with Gasteiger partial charge in [0.1, 0.15) is 6.04 Å². The molecule has 0 radical (unpaired) electrons. The van der Waals surface area contributed by atoms with E-state index < -0.39 is 22.0 Å². The third kappa shape index (κ3) is 5.62. The SMILES string of the molecule is C[C@@H](C(=O)NCCc1ccccc1)N(c1cc(Cl)cc(Cl)c1)S(C)(=O)=O. The Bertz CT molecular complexity index is 853. The van der Waals surface area contributed by atoms with Gasteiger partial charge in [0, 0.05) is 16.6 Å². The first-order chi connectivity index (χ1) is 12.2. The van der Waals surface area contributed by atoms with Crippen molar-refractivity contribution >= 4 is 44.8 Å². The minimum atomic E-state index is -3.72. The number of anilines is 1. The largest absolute Gasteiger partial charge is 0.354 e. The average Bonchev–Trinajstić information content (AvgIpc) is 2.53. The number of nitrogens with zero attached hydrogens (tertiary/aromatic N) is 1. The van der Waals surface area contributed by atoms with Gasteiger partial charge in [-0.2, -0.15) is 0 Å². The molecule has 5 nitrogen and oxygen atoms in total. The van der Waals surface area contributed by atoms with E-state index in [2.05, 4.69) is 5.32 Å². The Kier molecular flexibility index (Phi) is 6.92. The molecule has 0 spiro atoms. The smallest absolute Gasteiger partial charge is 0.243 e. The lowest BCUT2D eigenvalue weighted by atomic mass is 10.1. The maximum atomic E-state index is 12.5. The van der Waals surface area contributed by atoms with Crippen molar-refractivity contribution in [1.82, 2.24) is 5.32 Å². The molecule has 0 unspecified atom stereocenters. The number of carbonyl (C=O) groups is 1. The molecule has 0 aromatic heterocycles. The van der Waals surface area contributed by atoms with Crippen LogP contribution in [0.25, 0.3) is 0 Å². The summed E-state index contributed by atoms with van der Waals surface area (Å²) in [4.78, 5) is 12.5. The van der Waals surface area contributed by atoms with E-state index in [1.165, 1.54) is 25.1 Å². The van der Waals surface area contributed by atoms with Crippen LogP contribution in [0.1, 0.15) is 12.5 Å². The standard InChI is InChI=1S/C18H20Cl2N2O3S/c1-13(18(23)21-9-8-14-6-4-3-5-7-14)22(26(2,24)25)17-11-15(19)10-16(20)12-17/h3-7,10-13H,8-9H2,1-2H3,(H,21,23)/t13-/m0/s1. The molecular formula is C18H20Cl2N2O3S. The summed E-state index contributed by atoms with van der Waals surface area (Å²) in [5.41, 5.74) is 1.33. The lowest BCUT2D eigenvalue weighted by Gasteiger charge is -2.28. The fourth-order valence-electron chi connectivity index (χ4n) is 2.60. The summed E-state index contributed by atoms with van der Waals surface area (Å²) in [6, 6.07) is 13.2. The maximum absolute atomic E-state index is 12.5. The van der Waals surface area contributed by atoms with E-state index in [9.17, 15) is 13.2 Å². The normalized spacial score (nSPS) is 12.5. The minimum Gasteiger partial charge on any atom is -0.354 e. The van der Waals surface area contributed by atoms with Gasteiger partial charge < -0.3 is 5.32 Å². The molecule has 1 amide bonds. The van der Waals surface area contributed by atoms with Crippen LogP contribution < -0.4 is 9.62 Å². The van der Waals surface area contributed by atoms with Crippen molar-refractivity contribution in [2.45, 2.75) is 19.4 Å². The van der Waals surface area contributed by atoms with Crippen LogP contribution in [0.3, 0.4) is 0 Å². The van der Waals surface area contributed by atoms with Crippen molar-refractivity contribution in [1.29, 1.82) is 0 Å². The Morgan fingerprint density at radius 1 is 1.12 bits per heavy atom. The summed E-state index contributed by atoms with van der Waals surface area (Å²) < 4.78 is 25.5. The molecule has 1 N–H and O–H groups in total. The number of benzene rings is 2. The number of halogens is 2. The molecule has 0 saturated carbocycles. The predicted octanol–water partition coefficient (Wildman–Crippen LogP) is 3.51. The molecule has 2 aromatic rings. The topological polar surface area (TPSA) is 66.5 Å². The highest BCUT2D eigenvalue weighted by Gasteiger charge is 2.29. The van der Waals surface area contributed by atoms with Gasteiger partial charge in [0.15, 0.2) is 0 Å². The second kappa shape index (κ2) is 8.75. The fraction of sp³-hybridized carbons (Fsp3) is 0.278. The molecule has 0 fully saturated rings. The average molecular weight is 415 g/mol. The van der Waals surface area contributed by atoms with Gasteiger partial charge in [-0.1, -0.05) is 53.5 Å². The van der Waals surface area contributed by atoms with Gasteiger partial charge in [-0.05, 0) is 37.1 Å². The number of rotatable bonds is 7. The van der Waals surface area contributed by atoms with Gasteiger partial charge in [0.25, 0.3) is 0 Å². The summed E-state index contributed by atoms with van der Waals surface area (Å²) in [5, 5.41) is 3.35. The lowest BCUT2D eigenvalue weighted by Crippen LogP contribution is -2.48. The first-order valence-corrected chi connectivity index (χ1v) is 10.6. The van der Waals surface area contributed by atoms with E-state index in [1.54, 1.807) is 0 Å². The highest BCUT2D eigenvalue weighted by molar-refractivity contribution is 7.92. The lowest BCUT2D eigenvalue weighted by molar-refractivity contribution is -0.121. The van der Waals surface area contributed by atoms with Crippen molar-refractivity contribution in [3.8, 4) is 0 Å². The number of amides is 1. The third-order valence-electron chi connectivity index (χ3n) is 3.75. The molecule has 2 rings (SSSR count). The molecule has 1 atom stereocenters. The van der Waals surface area contributed by atoms with E-state index in [-0.39, 0.29) is 15.7 Å². The second-order valence-electron chi connectivity index (χ2n) is 5.89. The van der Waals surface area contributed by atoms with Gasteiger partial charge in [0.05, 0.1) is 11.9 Å². The van der Waals surface area contributed by atoms with Crippen molar-refractivity contribution < 1.29 is 13.2 Å². The van der Waals surface area contributed by atoms with E-state index in [0.29, 0.717) is 13.0 Å². The minimum absolute atomic E-state index is 0.246. The first kappa shape index (κ1) is 20.6. The second-order valence-corrected chi connectivity index (χ2v) is 8.62. The van der Waals surface area contributed by atoms with E-state index in [4.69, 9.17) is 23.2 Å². The fourth-order valence-corrected chi connectivity index (χ4v) is 4.27. The Morgan fingerprint density at radius 2 is 1.69 bits per heavy atom. The van der Waals surface area contributed by atoms with Gasteiger partial charge in [0.2, 0.25) is 15.9 Å². The molecule has 0 aliphatic rings. The molecule has 2 aromatic carbocycles. The highest BCUT2D eigenvalue weighted by Crippen LogP contribution is 2.28. The Morgan fingerprint density at radius 3 is 2.23 bits per heavy atom. The molecule has 8 heteroatoms. The van der Waals surface area contributed by atoms with E-state index in [1.807, 2.05) is 30.3 Å². The number of hydrogen-bond donors (Lipinski definition) is 1. The monoisotopic (exact) mass is 414 g/mol.